The van der Waals surface area contributed by atoms with Crippen molar-refractivity contribution in [3.8, 4) is 11.5 Å². The van der Waals surface area contributed by atoms with E-state index in [4.69, 9.17) is 0 Å². The zero-order valence-electron chi connectivity index (χ0n) is 20.6. The molecule has 0 aliphatic rings. The molecule has 3 N–H and O–H groups in total. The Balaban J connectivity index is 2.76. The monoisotopic (exact) mass is 425 g/mol. The normalized spacial score (nSPS) is 12.3. The summed E-state index contributed by atoms with van der Waals surface area (Å²) >= 11 is 0. The van der Waals surface area contributed by atoms with E-state index >= 15 is 0 Å². The Hall–Kier alpha value is -2.49. The largest absolute Gasteiger partial charge is 0.507 e. The summed E-state index contributed by atoms with van der Waals surface area (Å²) in [6.07, 6.45) is 0.570. The third kappa shape index (κ3) is 5.81. The summed E-state index contributed by atoms with van der Waals surface area (Å²) in [5.41, 5.74) is 5.02. The predicted molar refractivity (Wildman–Crippen MR) is 128 cm³/mol. The van der Waals surface area contributed by atoms with Crippen LogP contribution < -0.4 is 5.32 Å². The Morgan fingerprint density at radius 2 is 1.23 bits per heavy atom. The molecule has 0 aliphatic carbocycles. The summed E-state index contributed by atoms with van der Waals surface area (Å²) in [4.78, 5) is 11.5. The lowest BCUT2D eigenvalue weighted by atomic mass is 9.77. The van der Waals surface area contributed by atoms with Gasteiger partial charge in [-0.1, -0.05) is 76.9 Å². The molecule has 0 bridgehead atoms. The summed E-state index contributed by atoms with van der Waals surface area (Å²) in [6, 6.07) is 8.06. The molecule has 0 saturated heterocycles. The van der Waals surface area contributed by atoms with Crippen LogP contribution in [0.3, 0.4) is 0 Å². The molecule has 0 heterocycles. The first kappa shape index (κ1) is 24.8. The third-order valence-corrected chi connectivity index (χ3v) is 5.74. The number of hydrogen-bond acceptors (Lipinski definition) is 3. The van der Waals surface area contributed by atoms with E-state index in [0.29, 0.717) is 13.0 Å². The van der Waals surface area contributed by atoms with E-state index in [0.717, 1.165) is 33.4 Å². The minimum absolute atomic E-state index is 0.0913. The van der Waals surface area contributed by atoms with Crippen molar-refractivity contribution < 1.29 is 15.0 Å². The second kappa shape index (κ2) is 8.94. The van der Waals surface area contributed by atoms with Crippen molar-refractivity contribution in [2.75, 3.05) is 6.54 Å². The van der Waals surface area contributed by atoms with E-state index in [1.807, 2.05) is 38.1 Å². The number of hydrogen-bond donors (Lipinski definition) is 3. The second-order valence-corrected chi connectivity index (χ2v) is 10.8. The van der Waals surface area contributed by atoms with Gasteiger partial charge in [-0.2, -0.15) is 0 Å². The van der Waals surface area contributed by atoms with Gasteiger partial charge in [0.05, 0.1) is 0 Å². The first-order valence-electron chi connectivity index (χ1n) is 11.0. The zero-order chi connectivity index (χ0) is 23.7. The fourth-order valence-electron chi connectivity index (χ4n) is 4.16. The average Bonchev–Trinajstić information content (AvgIpc) is 2.60. The highest BCUT2D eigenvalue weighted by Gasteiger charge is 2.29. The molecule has 0 spiro atoms. The standard InChI is InChI=1S/C27H39NO3/c1-16-12-20(24(30)22(14-16)26(4,5)6)19(10-11-28-18(3)29)21-13-17(2)15-23(25(21)31)27(7,8)9/h12-15,19,30-31H,10-11H2,1-9H3,(H,28,29). The molecule has 0 radical (unpaired) electrons. The minimum Gasteiger partial charge on any atom is -0.507 e. The number of carbonyl (C=O) groups is 1. The van der Waals surface area contributed by atoms with Gasteiger partial charge in [-0.3, -0.25) is 4.79 Å². The SMILES string of the molecule is CC(=O)NCCC(c1cc(C)cc(C(C)(C)C)c1O)c1cc(C)cc(C(C)(C)C)c1O. The predicted octanol–water partition coefficient (Wildman–Crippen LogP) is 5.97. The van der Waals surface area contributed by atoms with Crippen LogP contribution >= 0.6 is 0 Å². The number of aromatic hydroxyl groups is 2. The maximum Gasteiger partial charge on any atom is 0.216 e. The molecule has 0 fully saturated rings. The second-order valence-electron chi connectivity index (χ2n) is 10.8. The van der Waals surface area contributed by atoms with Crippen molar-refractivity contribution in [1.82, 2.24) is 5.32 Å². The van der Waals surface area contributed by atoms with E-state index in [-0.39, 0.29) is 34.2 Å². The Kier molecular flexibility index (Phi) is 7.14. The number of nitrogens with one attached hydrogen (secondary N) is 1. The van der Waals surface area contributed by atoms with Crippen molar-refractivity contribution in [1.29, 1.82) is 0 Å². The van der Waals surface area contributed by atoms with E-state index in [2.05, 4.69) is 46.9 Å². The molecule has 1 amide bonds. The van der Waals surface area contributed by atoms with Gasteiger partial charge in [0.15, 0.2) is 0 Å². The molecule has 31 heavy (non-hydrogen) atoms. The van der Waals surface area contributed by atoms with E-state index < -0.39 is 0 Å². The Bertz CT molecular complexity index is 892. The maximum atomic E-state index is 11.5. The molecule has 0 aliphatic heterocycles. The number of rotatable bonds is 5. The molecule has 2 aromatic rings. The third-order valence-electron chi connectivity index (χ3n) is 5.74. The Morgan fingerprint density at radius 1 is 0.839 bits per heavy atom. The molecule has 4 heteroatoms. The number of aryl methyl sites for hydroxylation is 2. The summed E-state index contributed by atoms with van der Waals surface area (Å²) in [5.74, 6) is 0.188. The number of amides is 1. The molecule has 0 saturated carbocycles. The van der Waals surface area contributed by atoms with Crippen LogP contribution in [0.25, 0.3) is 0 Å². The average molecular weight is 426 g/mol. The van der Waals surface area contributed by atoms with Gasteiger partial charge < -0.3 is 15.5 Å². The lowest BCUT2D eigenvalue weighted by Crippen LogP contribution is -2.23. The number of phenols is 2. The smallest absolute Gasteiger partial charge is 0.216 e. The number of carbonyl (C=O) groups excluding carboxylic acids is 1. The first-order valence-corrected chi connectivity index (χ1v) is 11.0. The summed E-state index contributed by atoms with van der Waals surface area (Å²) in [5, 5.41) is 25.5. The molecule has 0 unspecified atom stereocenters. The minimum atomic E-state index is -0.256. The van der Waals surface area contributed by atoms with Gasteiger partial charge in [-0.05, 0) is 42.2 Å². The first-order chi connectivity index (χ1) is 14.1. The summed E-state index contributed by atoms with van der Waals surface area (Å²) < 4.78 is 0. The zero-order valence-corrected chi connectivity index (χ0v) is 20.6. The molecular weight excluding hydrogens is 386 g/mol. The van der Waals surface area contributed by atoms with Crippen LogP contribution in [0.2, 0.25) is 0 Å². The van der Waals surface area contributed by atoms with Crippen LogP contribution in [0, 0.1) is 13.8 Å². The fraction of sp³-hybridized carbons (Fsp3) is 0.519. The lowest BCUT2D eigenvalue weighted by Gasteiger charge is -2.29. The van der Waals surface area contributed by atoms with Gasteiger partial charge in [-0.15, -0.1) is 0 Å². The van der Waals surface area contributed by atoms with E-state index in [1.54, 1.807) is 0 Å². The molecule has 2 rings (SSSR count). The van der Waals surface area contributed by atoms with Crippen LogP contribution in [0.4, 0.5) is 0 Å². The maximum absolute atomic E-state index is 11.5. The van der Waals surface area contributed by atoms with Gasteiger partial charge in [0.1, 0.15) is 11.5 Å². The number of benzene rings is 2. The van der Waals surface area contributed by atoms with Crippen molar-refractivity contribution >= 4 is 5.91 Å². The Labute approximate surface area is 187 Å². The number of phenolic OH excluding ortho intramolecular Hbond substituents is 2. The van der Waals surface area contributed by atoms with Gasteiger partial charge in [0.2, 0.25) is 5.91 Å². The van der Waals surface area contributed by atoms with Gasteiger partial charge in [-0.25, -0.2) is 0 Å². The van der Waals surface area contributed by atoms with Crippen LogP contribution in [0.15, 0.2) is 24.3 Å². The van der Waals surface area contributed by atoms with Crippen LogP contribution in [0.5, 0.6) is 11.5 Å². The van der Waals surface area contributed by atoms with Gasteiger partial charge in [0, 0.05) is 30.5 Å². The summed E-state index contributed by atoms with van der Waals surface area (Å²) in [7, 11) is 0. The summed E-state index contributed by atoms with van der Waals surface area (Å²) in [6.45, 7) is 18.5. The molecular formula is C27H39NO3. The van der Waals surface area contributed by atoms with Crippen LogP contribution in [-0.2, 0) is 15.6 Å². The van der Waals surface area contributed by atoms with Crippen molar-refractivity contribution in [3.63, 3.8) is 0 Å². The molecule has 0 aromatic heterocycles. The van der Waals surface area contributed by atoms with Crippen molar-refractivity contribution in [3.05, 3.63) is 57.6 Å². The lowest BCUT2D eigenvalue weighted by molar-refractivity contribution is -0.118. The van der Waals surface area contributed by atoms with E-state index in [1.165, 1.54) is 6.92 Å². The quantitative estimate of drug-likeness (QED) is 0.553. The molecule has 2 aromatic carbocycles. The van der Waals surface area contributed by atoms with Crippen molar-refractivity contribution in [2.45, 2.75) is 85.5 Å². The van der Waals surface area contributed by atoms with Crippen molar-refractivity contribution in [2.24, 2.45) is 0 Å². The molecule has 170 valence electrons. The molecule has 4 nitrogen and oxygen atoms in total. The van der Waals surface area contributed by atoms with Crippen LogP contribution in [-0.4, -0.2) is 22.7 Å². The topological polar surface area (TPSA) is 69.6 Å². The van der Waals surface area contributed by atoms with Crippen LogP contribution in [0.1, 0.15) is 94.2 Å². The highest BCUT2D eigenvalue weighted by atomic mass is 16.3. The van der Waals surface area contributed by atoms with Gasteiger partial charge in [0.25, 0.3) is 0 Å². The fourth-order valence-corrected chi connectivity index (χ4v) is 4.16. The molecule has 0 atom stereocenters. The highest BCUT2D eigenvalue weighted by molar-refractivity contribution is 5.72. The highest BCUT2D eigenvalue weighted by Crippen LogP contribution is 2.45. The Morgan fingerprint density at radius 3 is 1.55 bits per heavy atom. The van der Waals surface area contributed by atoms with Gasteiger partial charge >= 0.3 is 0 Å². The van der Waals surface area contributed by atoms with E-state index in [9.17, 15) is 15.0 Å².